The summed E-state index contributed by atoms with van der Waals surface area (Å²) in [7, 11) is 1.56. The third-order valence-electron chi connectivity index (χ3n) is 4.13. The third kappa shape index (κ3) is 4.02. The highest BCUT2D eigenvalue weighted by atomic mass is 79.9. The molecule has 0 aliphatic carbocycles. The van der Waals surface area contributed by atoms with Gasteiger partial charge in [0.2, 0.25) is 5.91 Å². The number of methoxy groups -OCH3 is 1. The second kappa shape index (κ2) is 7.70. The van der Waals surface area contributed by atoms with Crippen LogP contribution < -0.4 is 4.74 Å². The van der Waals surface area contributed by atoms with Gasteiger partial charge in [0, 0.05) is 10.0 Å². The molecule has 3 rings (SSSR count). The molecule has 1 heterocycles. The zero-order valence-corrected chi connectivity index (χ0v) is 15.4. The van der Waals surface area contributed by atoms with Gasteiger partial charge in [-0.15, -0.1) is 0 Å². The number of halogens is 1. The van der Waals surface area contributed by atoms with E-state index < -0.39 is 6.09 Å². The number of amides is 2. The summed E-state index contributed by atoms with van der Waals surface area (Å²) < 4.78 is 11.3. The van der Waals surface area contributed by atoms with Crippen molar-refractivity contribution >= 4 is 27.9 Å². The van der Waals surface area contributed by atoms with Crippen molar-refractivity contribution in [1.82, 2.24) is 4.90 Å². The van der Waals surface area contributed by atoms with E-state index >= 15 is 0 Å². The van der Waals surface area contributed by atoms with Crippen molar-refractivity contribution in [2.24, 2.45) is 0 Å². The number of hydrogen-bond acceptors (Lipinski definition) is 4. The number of carbonyl (C=O) groups is 2. The van der Waals surface area contributed by atoms with Gasteiger partial charge in [-0.1, -0.05) is 46.3 Å². The van der Waals surface area contributed by atoms with Gasteiger partial charge in [0.15, 0.2) is 0 Å². The van der Waals surface area contributed by atoms with E-state index in [1.807, 2.05) is 42.5 Å². The summed E-state index contributed by atoms with van der Waals surface area (Å²) in [5.74, 6) is 0.323. The Morgan fingerprint density at radius 1 is 1.28 bits per heavy atom. The monoisotopic (exact) mass is 403 g/mol. The molecule has 0 bridgehead atoms. The predicted molar refractivity (Wildman–Crippen MR) is 96.5 cm³/mol. The van der Waals surface area contributed by atoms with Crippen LogP contribution in [-0.2, 0) is 22.4 Å². The largest absolute Gasteiger partial charge is 0.496 e. The van der Waals surface area contributed by atoms with Crippen LogP contribution >= 0.6 is 15.9 Å². The Kier molecular flexibility index (Phi) is 5.38. The first-order chi connectivity index (χ1) is 12.1. The topological polar surface area (TPSA) is 55.8 Å². The van der Waals surface area contributed by atoms with Gasteiger partial charge in [-0.3, -0.25) is 4.79 Å². The third-order valence-corrected chi connectivity index (χ3v) is 4.62. The van der Waals surface area contributed by atoms with Gasteiger partial charge < -0.3 is 9.47 Å². The minimum atomic E-state index is -0.583. The smallest absolute Gasteiger partial charge is 0.416 e. The molecule has 1 atom stereocenters. The minimum Gasteiger partial charge on any atom is -0.496 e. The fourth-order valence-electron chi connectivity index (χ4n) is 2.94. The quantitative estimate of drug-likeness (QED) is 0.765. The number of ether oxygens (including phenoxy) is 2. The van der Waals surface area contributed by atoms with E-state index in [1.54, 1.807) is 13.2 Å². The molecule has 6 heteroatoms. The van der Waals surface area contributed by atoms with Gasteiger partial charge in [0.1, 0.15) is 12.4 Å². The summed E-state index contributed by atoms with van der Waals surface area (Å²) in [6.07, 6.45) is 0.0663. The van der Waals surface area contributed by atoms with Crippen molar-refractivity contribution in [3.05, 3.63) is 64.1 Å². The lowest BCUT2D eigenvalue weighted by Gasteiger charge is -2.20. The van der Waals surface area contributed by atoms with E-state index in [9.17, 15) is 9.59 Å². The molecule has 1 aliphatic rings. The maximum atomic E-state index is 12.8. The Hall–Kier alpha value is -2.34. The van der Waals surface area contributed by atoms with Crippen LogP contribution in [0.15, 0.2) is 53.0 Å². The van der Waals surface area contributed by atoms with Gasteiger partial charge in [-0.05, 0) is 30.2 Å². The van der Waals surface area contributed by atoms with E-state index in [0.29, 0.717) is 12.2 Å². The first-order valence-electron chi connectivity index (χ1n) is 7.93. The van der Waals surface area contributed by atoms with Crippen molar-refractivity contribution < 1.29 is 19.1 Å². The van der Waals surface area contributed by atoms with E-state index in [0.717, 1.165) is 15.6 Å². The van der Waals surface area contributed by atoms with E-state index in [4.69, 9.17) is 9.47 Å². The van der Waals surface area contributed by atoms with Crippen molar-refractivity contribution in [2.45, 2.75) is 18.9 Å². The zero-order valence-electron chi connectivity index (χ0n) is 13.8. The molecule has 2 aromatic rings. The molecular weight excluding hydrogens is 386 g/mol. The highest BCUT2D eigenvalue weighted by molar-refractivity contribution is 9.10. The molecule has 0 radical (unpaired) electrons. The average Bonchev–Trinajstić information content (AvgIpc) is 2.96. The normalized spacial score (nSPS) is 16.6. The van der Waals surface area contributed by atoms with E-state index in [-0.39, 0.29) is 25.0 Å². The van der Waals surface area contributed by atoms with Crippen LogP contribution in [0.1, 0.15) is 11.1 Å². The van der Waals surface area contributed by atoms with Crippen LogP contribution in [0.5, 0.6) is 5.75 Å². The number of carbonyl (C=O) groups excluding carboxylic acids is 2. The second-order valence-corrected chi connectivity index (χ2v) is 6.73. The van der Waals surface area contributed by atoms with Crippen molar-refractivity contribution in [1.29, 1.82) is 0 Å². The Morgan fingerprint density at radius 3 is 2.76 bits per heavy atom. The summed E-state index contributed by atoms with van der Waals surface area (Å²) in [4.78, 5) is 26.1. The molecular formula is C19H18BrNO4. The van der Waals surface area contributed by atoms with Crippen LogP contribution in [0.4, 0.5) is 4.79 Å². The standard InChI is InChI=1S/C19H18BrNO4/c1-24-17-8-7-15(20)10-14(17)11-18(22)21-16(12-25-19(21)23)9-13-5-3-2-4-6-13/h2-8,10,16H,9,11-12H2,1H3/t16-/m0/s1. The molecule has 1 saturated heterocycles. The van der Waals surface area contributed by atoms with Crippen molar-refractivity contribution in [3.8, 4) is 5.75 Å². The maximum absolute atomic E-state index is 12.8. The molecule has 25 heavy (non-hydrogen) atoms. The molecule has 0 unspecified atom stereocenters. The second-order valence-electron chi connectivity index (χ2n) is 5.82. The van der Waals surface area contributed by atoms with Crippen LogP contribution in [0, 0.1) is 0 Å². The SMILES string of the molecule is COc1ccc(Br)cc1CC(=O)N1C(=O)OC[C@@H]1Cc1ccccc1. The predicted octanol–water partition coefficient (Wildman–Crippen LogP) is 3.59. The molecule has 2 amide bonds. The molecule has 0 aromatic heterocycles. The van der Waals surface area contributed by atoms with Crippen LogP contribution in [-0.4, -0.2) is 36.7 Å². The summed E-state index contributed by atoms with van der Waals surface area (Å²) in [6, 6.07) is 14.9. The molecule has 2 aromatic carbocycles. The van der Waals surface area contributed by atoms with Crippen LogP contribution in [0.25, 0.3) is 0 Å². The first kappa shape index (κ1) is 17.5. The molecule has 0 saturated carbocycles. The van der Waals surface area contributed by atoms with Crippen molar-refractivity contribution in [3.63, 3.8) is 0 Å². The first-order valence-corrected chi connectivity index (χ1v) is 8.73. The summed E-state index contributed by atoms with van der Waals surface area (Å²) in [6.45, 7) is 0.217. The van der Waals surface area contributed by atoms with Crippen molar-refractivity contribution in [2.75, 3.05) is 13.7 Å². The number of nitrogens with zero attached hydrogens (tertiary/aromatic N) is 1. The lowest BCUT2D eigenvalue weighted by Crippen LogP contribution is -2.41. The summed E-state index contributed by atoms with van der Waals surface area (Å²) >= 11 is 3.39. The van der Waals surface area contributed by atoms with Gasteiger partial charge in [-0.25, -0.2) is 9.69 Å². The molecule has 0 spiro atoms. The van der Waals surface area contributed by atoms with E-state index in [2.05, 4.69) is 15.9 Å². The van der Waals surface area contributed by atoms with E-state index in [1.165, 1.54) is 4.90 Å². The fourth-order valence-corrected chi connectivity index (χ4v) is 3.34. The number of imide groups is 1. The van der Waals surface area contributed by atoms with Gasteiger partial charge in [0.05, 0.1) is 19.6 Å². The highest BCUT2D eigenvalue weighted by Gasteiger charge is 2.37. The van der Waals surface area contributed by atoms with Gasteiger partial charge in [-0.2, -0.15) is 0 Å². The maximum Gasteiger partial charge on any atom is 0.416 e. The Morgan fingerprint density at radius 2 is 2.04 bits per heavy atom. The number of cyclic esters (lactones) is 1. The molecule has 0 N–H and O–H groups in total. The molecule has 5 nitrogen and oxygen atoms in total. The number of benzene rings is 2. The fraction of sp³-hybridized carbons (Fsp3) is 0.263. The number of hydrogen-bond donors (Lipinski definition) is 0. The van der Waals surface area contributed by atoms with Gasteiger partial charge in [0.25, 0.3) is 0 Å². The van der Waals surface area contributed by atoms with Crippen LogP contribution in [0.2, 0.25) is 0 Å². The lowest BCUT2D eigenvalue weighted by atomic mass is 10.0. The van der Waals surface area contributed by atoms with Gasteiger partial charge >= 0.3 is 6.09 Å². The highest BCUT2D eigenvalue weighted by Crippen LogP contribution is 2.25. The molecule has 1 fully saturated rings. The lowest BCUT2D eigenvalue weighted by molar-refractivity contribution is -0.128. The Bertz CT molecular complexity index is 778. The molecule has 1 aliphatic heterocycles. The Balaban J connectivity index is 1.77. The Labute approximate surface area is 154 Å². The zero-order chi connectivity index (χ0) is 17.8. The number of rotatable bonds is 5. The average molecular weight is 404 g/mol. The minimum absolute atomic E-state index is 0.0724. The summed E-state index contributed by atoms with van der Waals surface area (Å²) in [5.41, 5.74) is 1.78. The summed E-state index contributed by atoms with van der Waals surface area (Å²) in [5, 5.41) is 0. The van der Waals surface area contributed by atoms with Crippen LogP contribution in [0.3, 0.4) is 0 Å². The molecule has 130 valence electrons.